The number of rotatable bonds is 2. The summed E-state index contributed by atoms with van der Waals surface area (Å²) < 4.78 is 4.72. The zero-order valence-corrected chi connectivity index (χ0v) is 6.23. The average Bonchev–Trinajstić information content (AvgIpc) is 2.36. The average molecular weight is 154 g/mol. The number of aliphatic hydroxyl groups is 1. The predicted octanol–water partition coefficient (Wildman–Crippen LogP) is 0.405. The van der Waals surface area contributed by atoms with E-state index in [9.17, 15) is 9.90 Å². The van der Waals surface area contributed by atoms with Crippen LogP contribution in [0.4, 0.5) is 0 Å². The Hall–Kier alpha value is -1.09. The highest BCUT2D eigenvalue weighted by Crippen LogP contribution is 2.09. The van der Waals surface area contributed by atoms with Gasteiger partial charge in [-0.1, -0.05) is 12.2 Å². The molecular weight excluding hydrogens is 144 g/mol. The minimum Gasteiger partial charge on any atom is -0.452 e. The molecule has 0 aliphatic carbocycles. The van der Waals surface area contributed by atoms with E-state index in [0.29, 0.717) is 0 Å². The van der Waals surface area contributed by atoms with Crippen LogP contribution in [0.2, 0.25) is 0 Å². The molecule has 60 valence electrons. The van der Waals surface area contributed by atoms with E-state index in [-0.39, 0.29) is 0 Å². The molecule has 0 spiro atoms. The molecule has 3 nitrogen and oxygen atoms in total. The molecular formula is C8H10O3. The Morgan fingerprint density at radius 1 is 1.82 bits per heavy atom. The Morgan fingerprint density at radius 2 is 2.55 bits per heavy atom. The quantitative estimate of drug-likeness (QED) is 0.462. The maximum Gasteiger partial charge on any atom is 0.331 e. The van der Waals surface area contributed by atoms with Crippen molar-refractivity contribution in [3.05, 3.63) is 24.3 Å². The van der Waals surface area contributed by atoms with Gasteiger partial charge in [0.1, 0.15) is 6.10 Å². The molecule has 0 aromatic rings. The molecule has 0 fully saturated rings. The minimum atomic E-state index is -0.720. The zero-order valence-electron chi connectivity index (χ0n) is 6.23. The number of aliphatic hydroxyl groups excluding tert-OH is 1. The van der Waals surface area contributed by atoms with E-state index in [1.165, 1.54) is 6.08 Å². The normalized spacial score (nSPS) is 26.0. The fraction of sp³-hybridized carbons (Fsp3) is 0.375. The van der Waals surface area contributed by atoms with Crippen LogP contribution in [0.25, 0.3) is 0 Å². The zero-order chi connectivity index (χ0) is 8.27. The third kappa shape index (κ3) is 1.91. The van der Waals surface area contributed by atoms with E-state index in [4.69, 9.17) is 4.74 Å². The number of cyclic esters (lactones) is 1. The first-order valence-corrected chi connectivity index (χ1v) is 3.43. The molecule has 11 heavy (non-hydrogen) atoms. The lowest BCUT2D eigenvalue weighted by Crippen LogP contribution is -2.23. The van der Waals surface area contributed by atoms with Gasteiger partial charge in [-0.15, -0.1) is 0 Å². The van der Waals surface area contributed by atoms with Gasteiger partial charge >= 0.3 is 5.97 Å². The highest BCUT2D eigenvalue weighted by Gasteiger charge is 2.22. The summed E-state index contributed by atoms with van der Waals surface area (Å²) in [6.45, 7) is 1.80. The predicted molar refractivity (Wildman–Crippen MR) is 39.8 cm³/mol. The second kappa shape index (κ2) is 3.34. The van der Waals surface area contributed by atoms with Gasteiger partial charge in [-0.25, -0.2) is 4.79 Å². The third-order valence-corrected chi connectivity index (χ3v) is 1.40. The number of carbonyl (C=O) groups excluding carboxylic acids is 1. The Kier molecular flexibility index (Phi) is 2.44. The maximum atomic E-state index is 10.5. The largest absolute Gasteiger partial charge is 0.452 e. The van der Waals surface area contributed by atoms with Gasteiger partial charge in [-0.2, -0.15) is 0 Å². The summed E-state index contributed by atoms with van der Waals surface area (Å²) in [5.41, 5.74) is 0. The van der Waals surface area contributed by atoms with Crippen LogP contribution in [0.1, 0.15) is 6.92 Å². The smallest absolute Gasteiger partial charge is 0.331 e. The van der Waals surface area contributed by atoms with E-state index in [0.717, 1.165) is 0 Å². The van der Waals surface area contributed by atoms with Crippen LogP contribution in [0.15, 0.2) is 24.3 Å². The number of esters is 1. The van der Waals surface area contributed by atoms with Crippen molar-refractivity contribution in [3.63, 3.8) is 0 Å². The van der Waals surface area contributed by atoms with Crippen molar-refractivity contribution in [2.24, 2.45) is 0 Å². The Morgan fingerprint density at radius 3 is 3.00 bits per heavy atom. The minimum absolute atomic E-state index is 0.390. The van der Waals surface area contributed by atoms with Crippen molar-refractivity contribution in [2.75, 3.05) is 0 Å². The molecule has 3 heteroatoms. The lowest BCUT2D eigenvalue weighted by Gasteiger charge is -2.11. The molecule has 0 radical (unpaired) electrons. The van der Waals surface area contributed by atoms with Gasteiger partial charge in [-0.05, 0) is 13.0 Å². The van der Waals surface area contributed by atoms with Crippen molar-refractivity contribution < 1.29 is 14.6 Å². The van der Waals surface area contributed by atoms with Crippen LogP contribution in [0.3, 0.4) is 0 Å². The number of hydrogen-bond donors (Lipinski definition) is 1. The highest BCUT2D eigenvalue weighted by molar-refractivity contribution is 5.84. The number of carbonyl (C=O) groups is 1. The molecule has 0 saturated heterocycles. The second-order valence-corrected chi connectivity index (χ2v) is 2.28. The lowest BCUT2D eigenvalue weighted by molar-refractivity contribution is -0.141. The first-order valence-electron chi connectivity index (χ1n) is 3.43. The van der Waals surface area contributed by atoms with E-state index in [2.05, 4.69) is 0 Å². The summed E-state index contributed by atoms with van der Waals surface area (Å²) in [6, 6.07) is 0. The molecule has 1 heterocycles. The maximum absolute atomic E-state index is 10.5. The van der Waals surface area contributed by atoms with Crippen LogP contribution in [0, 0.1) is 0 Å². The number of hydrogen-bond acceptors (Lipinski definition) is 3. The SMILES string of the molecule is C/C=C/[C@@H](O)[C@H]1C=CC(=O)O1. The first kappa shape index (κ1) is 8.01. The van der Waals surface area contributed by atoms with Crippen molar-refractivity contribution in [2.45, 2.75) is 19.1 Å². The van der Waals surface area contributed by atoms with E-state index >= 15 is 0 Å². The summed E-state index contributed by atoms with van der Waals surface area (Å²) >= 11 is 0. The van der Waals surface area contributed by atoms with Crippen LogP contribution in [0.5, 0.6) is 0 Å². The summed E-state index contributed by atoms with van der Waals surface area (Å²) in [5.74, 6) is -0.390. The van der Waals surface area contributed by atoms with Crippen molar-refractivity contribution >= 4 is 5.97 Å². The molecule has 1 N–H and O–H groups in total. The van der Waals surface area contributed by atoms with Gasteiger partial charge in [0.2, 0.25) is 0 Å². The van der Waals surface area contributed by atoms with E-state index in [1.54, 1.807) is 25.2 Å². The van der Waals surface area contributed by atoms with Gasteiger partial charge < -0.3 is 9.84 Å². The molecule has 1 aliphatic heterocycles. The van der Waals surface area contributed by atoms with Gasteiger partial charge in [0.05, 0.1) is 0 Å². The number of ether oxygens (including phenoxy) is 1. The molecule has 0 aromatic heterocycles. The van der Waals surface area contributed by atoms with Crippen molar-refractivity contribution in [1.82, 2.24) is 0 Å². The fourth-order valence-electron chi connectivity index (χ4n) is 0.876. The first-order chi connectivity index (χ1) is 5.24. The van der Waals surface area contributed by atoms with E-state index in [1.807, 2.05) is 0 Å². The second-order valence-electron chi connectivity index (χ2n) is 2.28. The Labute approximate surface area is 65.0 Å². The molecule has 1 rings (SSSR count). The lowest BCUT2D eigenvalue weighted by atomic mass is 10.2. The molecule has 0 aromatic carbocycles. The van der Waals surface area contributed by atoms with Crippen LogP contribution < -0.4 is 0 Å². The topological polar surface area (TPSA) is 46.5 Å². The van der Waals surface area contributed by atoms with Crippen molar-refractivity contribution in [3.8, 4) is 0 Å². The molecule has 0 bridgehead atoms. The van der Waals surface area contributed by atoms with Crippen LogP contribution >= 0.6 is 0 Å². The van der Waals surface area contributed by atoms with Gasteiger partial charge in [-0.3, -0.25) is 0 Å². The van der Waals surface area contributed by atoms with E-state index < -0.39 is 18.2 Å². The number of allylic oxidation sites excluding steroid dienone is 1. The summed E-state index contributed by atoms with van der Waals surface area (Å²) in [7, 11) is 0. The van der Waals surface area contributed by atoms with Gasteiger partial charge in [0.25, 0.3) is 0 Å². The molecule has 0 unspecified atom stereocenters. The van der Waals surface area contributed by atoms with Gasteiger partial charge in [0, 0.05) is 6.08 Å². The standard InChI is InChI=1S/C8H10O3/c1-2-3-6(9)7-4-5-8(10)11-7/h2-7,9H,1H3/b3-2+/t6-,7-/m1/s1. The van der Waals surface area contributed by atoms with Crippen molar-refractivity contribution in [1.29, 1.82) is 0 Å². The fourth-order valence-corrected chi connectivity index (χ4v) is 0.876. The third-order valence-electron chi connectivity index (χ3n) is 1.40. The van der Waals surface area contributed by atoms with Gasteiger partial charge in [0.15, 0.2) is 6.10 Å². The molecule has 0 saturated carbocycles. The monoisotopic (exact) mass is 154 g/mol. The van der Waals surface area contributed by atoms with Crippen LogP contribution in [-0.4, -0.2) is 23.3 Å². The molecule has 0 amide bonds. The Bertz CT molecular complexity index is 205. The highest BCUT2D eigenvalue weighted by atomic mass is 16.6. The van der Waals surface area contributed by atoms with Crippen LogP contribution in [-0.2, 0) is 9.53 Å². The molecule has 2 atom stereocenters. The summed E-state index contributed by atoms with van der Waals surface area (Å²) in [5, 5.41) is 9.25. The summed E-state index contributed by atoms with van der Waals surface area (Å²) in [4.78, 5) is 10.5. The molecule has 1 aliphatic rings. The summed E-state index contributed by atoms with van der Waals surface area (Å²) in [6.07, 6.45) is 4.93. The Balaban J connectivity index is 2.50.